The number of rotatable bonds is 12. The van der Waals surface area contributed by atoms with Gasteiger partial charge in [-0.3, -0.25) is 9.59 Å². The molecule has 1 unspecified atom stereocenters. The minimum absolute atomic E-state index is 0.185. The lowest BCUT2D eigenvalue weighted by atomic mass is 9.75. The lowest BCUT2D eigenvalue weighted by Crippen LogP contribution is -2.44. The van der Waals surface area contributed by atoms with Crippen LogP contribution in [0.1, 0.15) is 81.6 Å². The molecule has 1 atom stereocenters. The summed E-state index contributed by atoms with van der Waals surface area (Å²) in [6.45, 7) is 23.8. The highest BCUT2D eigenvalue weighted by atomic mass is 16.5. The monoisotopic (exact) mass is 459 g/mol. The summed E-state index contributed by atoms with van der Waals surface area (Å²) in [6.07, 6.45) is 3.81. The zero-order chi connectivity index (χ0) is 26.2. The first-order valence-electron chi connectivity index (χ1n) is 11.9. The summed E-state index contributed by atoms with van der Waals surface area (Å²) in [4.78, 5) is 34.6. The highest BCUT2D eigenvalue weighted by Gasteiger charge is 2.35. The number of ether oxygens (including phenoxy) is 1. The number of hydrogen-bond donors (Lipinski definition) is 2. The van der Waals surface area contributed by atoms with E-state index in [0.717, 1.165) is 25.9 Å². The van der Waals surface area contributed by atoms with Crippen LogP contribution in [0.2, 0.25) is 0 Å². The maximum atomic E-state index is 12.1. The minimum atomic E-state index is -0.433. The molecule has 0 rings (SSSR count). The first-order valence-corrected chi connectivity index (χ1v) is 11.9. The second kappa shape index (κ2) is 25.4. The fourth-order valence-corrected chi connectivity index (χ4v) is 2.16. The SMILES string of the molecule is C=C(C)C(=O)OCCNC=O.CC.CCC.CCCC(C)(C(=O)NCCN(C)C)C(C)C. The van der Waals surface area contributed by atoms with Gasteiger partial charge in [-0.1, -0.05) is 74.8 Å². The average Bonchev–Trinajstić information content (AvgIpc) is 2.73. The molecule has 0 aliphatic rings. The lowest BCUT2D eigenvalue weighted by molar-refractivity contribution is -0.139. The topological polar surface area (TPSA) is 87.7 Å². The normalized spacial score (nSPS) is 11.3. The molecule has 0 radical (unpaired) electrons. The van der Waals surface area contributed by atoms with Gasteiger partial charge >= 0.3 is 5.97 Å². The Balaban J connectivity index is -0.000000212. The predicted molar refractivity (Wildman–Crippen MR) is 137 cm³/mol. The van der Waals surface area contributed by atoms with Gasteiger partial charge < -0.3 is 20.3 Å². The van der Waals surface area contributed by atoms with Gasteiger partial charge in [0.2, 0.25) is 12.3 Å². The van der Waals surface area contributed by atoms with Crippen molar-refractivity contribution >= 4 is 18.3 Å². The van der Waals surface area contributed by atoms with Crippen LogP contribution >= 0.6 is 0 Å². The summed E-state index contributed by atoms with van der Waals surface area (Å²) in [5.41, 5.74) is 0.136. The van der Waals surface area contributed by atoms with Crippen molar-refractivity contribution in [3.05, 3.63) is 12.2 Å². The van der Waals surface area contributed by atoms with Gasteiger partial charge in [-0.05, 0) is 33.4 Å². The van der Waals surface area contributed by atoms with Gasteiger partial charge in [0, 0.05) is 24.1 Å². The van der Waals surface area contributed by atoms with E-state index in [1.54, 1.807) is 6.92 Å². The molecule has 0 saturated heterocycles. The zero-order valence-electron chi connectivity index (χ0n) is 22.9. The third-order valence-electron chi connectivity index (χ3n) is 4.32. The first kappa shape index (κ1) is 37.4. The second-order valence-electron chi connectivity index (χ2n) is 8.08. The molecule has 7 heteroatoms. The molecule has 0 aromatic rings. The van der Waals surface area contributed by atoms with Gasteiger partial charge in [-0.15, -0.1) is 0 Å². The molecule has 0 aliphatic carbocycles. The average molecular weight is 460 g/mol. The molecule has 0 bridgehead atoms. The number of nitrogens with zero attached hydrogens (tertiary/aromatic N) is 1. The number of carbonyl (C=O) groups excluding carboxylic acids is 3. The number of amides is 2. The molecule has 0 saturated carbocycles. The van der Waals surface area contributed by atoms with Crippen LogP contribution in [0.15, 0.2) is 12.2 Å². The molecule has 192 valence electrons. The van der Waals surface area contributed by atoms with Crippen molar-refractivity contribution in [1.29, 1.82) is 0 Å². The van der Waals surface area contributed by atoms with Crippen LogP contribution in [0.3, 0.4) is 0 Å². The molecule has 7 nitrogen and oxygen atoms in total. The van der Waals surface area contributed by atoms with Gasteiger partial charge in [0.25, 0.3) is 0 Å². The van der Waals surface area contributed by atoms with E-state index in [9.17, 15) is 14.4 Å². The van der Waals surface area contributed by atoms with Gasteiger partial charge in [-0.2, -0.15) is 0 Å². The quantitative estimate of drug-likeness (QED) is 0.195. The standard InChI is InChI=1S/C13H28N2O.C7H11NO3.C3H8.C2H6/c1-7-8-13(4,11(2)3)12(16)14-9-10-15(5)6;1-6(2)7(10)11-4-3-8-5-9;1-3-2;1-2/h11H,7-10H2,1-6H3,(H,14,16);5H,1,3-4H2,2H3,(H,8,9);3H2,1-2H3;1-2H3. The molecule has 0 heterocycles. The number of carbonyl (C=O) groups is 3. The number of esters is 1. The van der Waals surface area contributed by atoms with Crippen LogP contribution in [-0.4, -0.2) is 63.5 Å². The Morgan fingerprint density at radius 1 is 1.12 bits per heavy atom. The van der Waals surface area contributed by atoms with Crippen LogP contribution in [-0.2, 0) is 19.1 Å². The molecule has 0 aliphatic heterocycles. The van der Waals surface area contributed by atoms with Crippen LogP contribution in [0.4, 0.5) is 0 Å². The van der Waals surface area contributed by atoms with Crippen molar-refractivity contribution in [2.75, 3.05) is 40.3 Å². The van der Waals surface area contributed by atoms with E-state index < -0.39 is 5.97 Å². The van der Waals surface area contributed by atoms with E-state index in [0.29, 0.717) is 24.4 Å². The van der Waals surface area contributed by atoms with E-state index in [1.165, 1.54) is 6.42 Å². The van der Waals surface area contributed by atoms with E-state index in [2.05, 4.69) is 68.4 Å². The van der Waals surface area contributed by atoms with E-state index in [1.807, 2.05) is 27.9 Å². The minimum Gasteiger partial charge on any atom is -0.460 e. The number of nitrogens with one attached hydrogen (secondary N) is 2. The summed E-state index contributed by atoms with van der Waals surface area (Å²) in [7, 11) is 4.03. The van der Waals surface area contributed by atoms with Crippen molar-refractivity contribution in [1.82, 2.24) is 15.5 Å². The van der Waals surface area contributed by atoms with E-state index >= 15 is 0 Å². The van der Waals surface area contributed by atoms with Gasteiger partial charge in [0.1, 0.15) is 6.61 Å². The second-order valence-corrected chi connectivity index (χ2v) is 8.08. The Morgan fingerprint density at radius 2 is 1.62 bits per heavy atom. The maximum absolute atomic E-state index is 12.1. The summed E-state index contributed by atoms with van der Waals surface area (Å²) in [6, 6.07) is 0. The van der Waals surface area contributed by atoms with Crippen molar-refractivity contribution in [3.8, 4) is 0 Å². The fourth-order valence-electron chi connectivity index (χ4n) is 2.16. The maximum Gasteiger partial charge on any atom is 0.333 e. The largest absolute Gasteiger partial charge is 0.460 e. The highest BCUT2D eigenvalue weighted by molar-refractivity contribution is 5.86. The van der Waals surface area contributed by atoms with Crippen LogP contribution < -0.4 is 10.6 Å². The van der Waals surface area contributed by atoms with Crippen LogP contribution in [0, 0.1) is 11.3 Å². The Labute approximate surface area is 198 Å². The Bertz CT molecular complexity index is 480. The summed E-state index contributed by atoms with van der Waals surface area (Å²) < 4.78 is 4.65. The third-order valence-corrected chi connectivity index (χ3v) is 4.32. The van der Waals surface area contributed by atoms with Crippen molar-refractivity contribution < 1.29 is 19.1 Å². The number of likely N-dealkylation sites (N-methyl/N-ethyl adjacent to an activating group) is 1. The molecule has 0 aromatic carbocycles. The molecular formula is C25H53N3O4. The molecule has 32 heavy (non-hydrogen) atoms. The van der Waals surface area contributed by atoms with Crippen molar-refractivity contribution in [2.24, 2.45) is 11.3 Å². The zero-order valence-corrected chi connectivity index (χ0v) is 22.9. The Hall–Kier alpha value is -1.89. The molecule has 2 N–H and O–H groups in total. The Kier molecular flexibility index (Phi) is 29.7. The van der Waals surface area contributed by atoms with Gasteiger partial charge in [-0.25, -0.2) is 4.79 Å². The molecule has 0 aromatic heterocycles. The molecule has 2 amide bonds. The number of hydrogen-bond acceptors (Lipinski definition) is 5. The highest BCUT2D eigenvalue weighted by Crippen LogP contribution is 2.32. The fraction of sp³-hybridized carbons (Fsp3) is 0.800. The lowest BCUT2D eigenvalue weighted by Gasteiger charge is -2.32. The summed E-state index contributed by atoms with van der Waals surface area (Å²) >= 11 is 0. The van der Waals surface area contributed by atoms with Gasteiger partial charge in [0.15, 0.2) is 0 Å². The predicted octanol–water partition coefficient (Wildman–Crippen LogP) is 4.42. The van der Waals surface area contributed by atoms with Crippen molar-refractivity contribution in [3.63, 3.8) is 0 Å². The third kappa shape index (κ3) is 22.8. The van der Waals surface area contributed by atoms with E-state index in [-0.39, 0.29) is 17.9 Å². The van der Waals surface area contributed by atoms with Crippen LogP contribution in [0.25, 0.3) is 0 Å². The van der Waals surface area contributed by atoms with Crippen molar-refractivity contribution in [2.45, 2.75) is 81.6 Å². The van der Waals surface area contributed by atoms with Gasteiger partial charge in [0.05, 0.1) is 6.54 Å². The summed E-state index contributed by atoms with van der Waals surface area (Å²) in [5, 5.41) is 5.40. The Morgan fingerprint density at radius 3 is 1.97 bits per heavy atom. The summed E-state index contributed by atoms with van der Waals surface area (Å²) in [5.74, 6) is 0.149. The molecule has 0 fully saturated rings. The van der Waals surface area contributed by atoms with E-state index in [4.69, 9.17) is 0 Å². The molecule has 0 spiro atoms. The molecular weight excluding hydrogens is 406 g/mol. The smallest absolute Gasteiger partial charge is 0.333 e. The van der Waals surface area contributed by atoms with Crippen LogP contribution in [0.5, 0.6) is 0 Å². The first-order chi connectivity index (χ1) is 14.9.